The Morgan fingerprint density at radius 1 is 1.47 bits per heavy atom. The Kier molecular flexibility index (Phi) is 3.81. The Balaban J connectivity index is 2.16. The molecule has 2 aromatic rings. The highest BCUT2D eigenvalue weighted by molar-refractivity contribution is 7.99. The molecule has 1 atom stereocenters. The number of aryl methyl sites for hydroxylation is 1. The third-order valence-electron chi connectivity index (χ3n) is 2.48. The first kappa shape index (κ1) is 12.1. The molecule has 0 aliphatic heterocycles. The van der Waals surface area contributed by atoms with Gasteiger partial charge < -0.3 is 9.73 Å². The fourth-order valence-electron chi connectivity index (χ4n) is 1.39. The van der Waals surface area contributed by atoms with E-state index in [1.54, 1.807) is 12.5 Å². The molecule has 4 nitrogen and oxygen atoms in total. The smallest absolute Gasteiger partial charge is 0.262 e. The molecule has 0 aliphatic rings. The SMILES string of the molecule is CNC(C)c1ccnc(Sc2nc(C)co2)c1. The van der Waals surface area contributed by atoms with Crippen LogP contribution in [0.2, 0.25) is 0 Å². The first-order chi connectivity index (χ1) is 8.19. The summed E-state index contributed by atoms with van der Waals surface area (Å²) < 4.78 is 5.29. The van der Waals surface area contributed by atoms with Gasteiger partial charge in [0.25, 0.3) is 5.22 Å². The van der Waals surface area contributed by atoms with E-state index in [1.165, 1.54) is 17.3 Å². The minimum absolute atomic E-state index is 0.309. The topological polar surface area (TPSA) is 51.0 Å². The highest BCUT2D eigenvalue weighted by Crippen LogP contribution is 2.26. The summed E-state index contributed by atoms with van der Waals surface area (Å²) in [5.74, 6) is 0. The van der Waals surface area contributed by atoms with E-state index in [0.29, 0.717) is 11.3 Å². The zero-order valence-corrected chi connectivity index (χ0v) is 10.9. The molecule has 2 rings (SSSR count). The molecule has 5 heteroatoms. The number of oxazole rings is 1. The molecule has 90 valence electrons. The molecule has 0 bridgehead atoms. The van der Waals surface area contributed by atoms with Crippen molar-refractivity contribution in [1.82, 2.24) is 15.3 Å². The van der Waals surface area contributed by atoms with E-state index in [0.717, 1.165) is 10.7 Å². The van der Waals surface area contributed by atoms with Crippen LogP contribution in [-0.2, 0) is 0 Å². The van der Waals surface area contributed by atoms with Crippen LogP contribution in [0, 0.1) is 6.92 Å². The van der Waals surface area contributed by atoms with Gasteiger partial charge in [0.15, 0.2) is 0 Å². The predicted octanol–water partition coefficient (Wildman–Crippen LogP) is 2.81. The minimum Gasteiger partial charge on any atom is -0.439 e. The summed E-state index contributed by atoms with van der Waals surface area (Å²) in [6, 6.07) is 4.36. The molecule has 0 aromatic carbocycles. The van der Waals surface area contributed by atoms with Crippen molar-refractivity contribution in [2.24, 2.45) is 0 Å². The van der Waals surface area contributed by atoms with Crippen LogP contribution in [0.1, 0.15) is 24.2 Å². The van der Waals surface area contributed by atoms with Gasteiger partial charge in [-0.3, -0.25) is 0 Å². The van der Waals surface area contributed by atoms with Crippen LogP contribution in [0.5, 0.6) is 0 Å². The van der Waals surface area contributed by atoms with Crippen molar-refractivity contribution in [3.8, 4) is 0 Å². The van der Waals surface area contributed by atoms with Crippen LogP contribution in [-0.4, -0.2) is 17.0 Å². The fraction of sp³-hybridized carbons (Fsp3) is 0.333. The van der Waals surface area contributed by atoms with Gasteiger partial charge in [0.2, 0.25) is 0 Å². The number of aromatic nitrogens is 2. The minimum atomic E-state index is 0.309. The Labute approximate surface area is 105 Å². The zero-order chi connectivity index (χ0) is 12.3. The van der Waals surface area contributed by atoms with Gasteiger partial charge in [-0.2, -0.15) is 0 Å². The third kappa shape index (κ3) is 3.08. The van der Waals surface area contributed by atoms with E-state index < -0.39 is 0 Å². The Bertz CT molecular complexity index is 498. The van der Waals surface area contributed by atoms with Crippen LogP contribution in [0.15, 0.2) is 39.3 Å². The molecule has 2 aromatic heterocycles. The molecule has 0 saturated heterocycles. The van der Waals surface area contributed by atoms with E-state index in [4.69, 9.17) is 4.42 Å². The van der Waals surface area contributed by atoms with Crippen LogP contribution in [0.4, 0.5) is 0 Å². The quantitative estimate of drug-likeness (QED) is 0.903. The van der Waals surface area contributed by atoms with Crippen molar-refractivity contribution in [3.05, 3.63) is 35.9 Å². The number of pyridine rings is 1. The summed E-state index contributed by atoms with van der Waals surface area (Å²) in [5.41, 5.74) is 2.08. The van der Waals surface area contributed by atoms with Crippen molar-refractivity contribution in [3.63, 3.8) is 0 Å². The van der Waals surface area contributed by atoms with Gasteiger partial charge in [0.05, 0.1) is 5.69 Å². The Hall–Kier alpha value is -1.33. The van der Waals surface area contributed by atoms with E-state index in [9.17, 15) is 0 Å². The summed E-state index contributed by atoms with van der Waals surface area (Å²) in [6.07, 6.45) is 3.45. The number of hydrogen-bond donors (Lipinski definition) is 1. The highest BCUT2D eigenvalue weighted by atomic mass is 32.2. The fourth-order valence-corrected chi connectivity index (χ4v) is 2.16. The first-order valence-corrected chi connectivity index (χ1v) is 6.24. The van der Waals surface area contributed by atoms with Crippen LogP contribution >= 0.6 is 11.8 Å². The van der Waals surface area contributed by atoms with Crippen LogP contribution in [0.25, 0.3) is 0 Å². The largest absolute Gasteiger partial charge is 0.439 e. The molecule has 0 aliphatic carbocycles. The average Bonchev–Trinajstić information content (AvgIpc) is 2.74. The number of nitrogens with zero attached hydrogens (tertiary/aromatic N) is 2. The number of rotatable bonds is 4. The van der Waals surface area contributed by atoms with E-state index in [-0.39, 0.29) is 0 Å². The molecule has 0 spiro atoms. The maximum Gasteiger partial charge on any atom is 0.262 e. The summed E-state index contributed by atoms with van der Waals surface area (Å²) in [4.78, 5) is 8.54. The molecule has 0 amide bonds. The summed E-state index contributed by atoms with van der Waals surface area (Å²) in [5, 5.41) is 4.72. The van der Waals surface area contributed by atoms with Gasteiger partial charge in [-0.25, -0.2) is 9.97 Å². The molecule has 0 radical (unpaired) electrons. The third-order valence-corrected chi connectivity index (χ3v) is 3.28. The predicted molar refractivity (Wildman–Crippen MR) is 67.1 cm³/mol. The van der Waals surface area contributed by atoms with Crippen molar-refractivity contribution >= 4 is 11.8 Å². The van der Waals surface area contributed by atoms with Gasteiger partial charge in [0, 0.05) is 12.2 Å². The van der Waals surface area contributed by atoms with E-state index in [2.05, 4.69) is 22.2 Å². The lowest BCUT2D eigenvalue weighted by Crippen LogP contribution is -2.12. The molecular formula is C12H15N3OS. The maximum absolute atomic E-state index is 5.29. The van der Waals surface area contributed by atoms with Crippen LogP contribution < -0.4 is 5.32 Å². The normalized spacial score (nSPS) is 12.6. The van der Waals surface area contributed by atoms with Crippen LogP contribution in [0.3, 0.4) is 0 Å². The molecule has 1 unspecified atom stereocenters. The standard InChI is InChI=1S/C12H15N3OS/c1-8-7-16-12(15-8)17-11-6-10(4-5-14-11)9(2)13-3/h4-7,9,13H,1-3H3. The average molecular weight is 249 g/mol. The summed E-state index contributed by atoms with van der Waals surface area (Å²) in [6.45, 7) is 4.01. The second-order valence-electron chi connectivity index (χ2n) is 3.79. The van der Waals surface area contributed by atoms with Gasteiger partial charge in [-0.15, -0.1) is 0 Å². The lowest BCUT2D eigenvalue weighted by Gasteiger charge is -2.10. The van der Waals surface area contributed by atoms with Crippen molar-refractivity contribution in [2.45, 2.75) is 30.1 Å². The van der Waals surface area contributed by atoms with E-state index >= 15 is 0 Å². The Morgan fingerprint density at radius 3 is 2.94 bits per heavy atom. The second-order valence-corrected chi connectivity index (χ2v) is 4.77. The Morgan fingerprint density at radius 2 is 2.29 bits per heavy atom. The van der Waals surface area contributed by atoms with E-state index in [1.807, 2.05) is 26.1 Å². The van der Waals surface area contributed by atoms with Crippen molar-refractivity contribution in [1.29, 1.82) is 0 Å². The zero-order valence-electron chi connectivity index (χ0n) is 10.1. The second kappa shape index (κ2) is 5.33. The monoisotopic (exact) mass is 249 g/mol. The molecule has 0 saturated carbocycles. The molecule has 17 heavy (non-hydrogen) atoms. The van der Waals surface area contributed by atoms with Gasteiger partial charge in [-0.1, -0.05) is 0 Å². The van der Waals surface area contributed by atoms with Crippen molar-refractivity contribution in [2.75, 3.05) is 7.05 Å². The lowest BCUT2D eigenvalue weighted by atomic mass is 10.1. The summed E-state index contributed by atoms with van der Waals surface area (Å²) >= 11 is 1.43. The summed E-state index contributed by atoms with van der Waals surface area (Å²) in [7, 11) is 1.94. The molecule has 2 heterocycles. The first-order valence-electron chi connectivity index (χ1n) is 5.42. The van der Waals surface area contributed by atoms with Crippen molar-refractivity contribution < 1.29 is 4.42 Å². The van der Waals surface area contributed by atoms with Gasteiger partial charge in [0.1, 0.15) is 11.3 Å². The maximum atomic E-state index is 5.29. The number of nitrogens with one attached hydrogen (secondary N) is 1. The lowest BCUT2D eigenvalue weighted by molar-refractivity contribution is 0.453. The van der Waals surface area contributed by atoms with Gasteiger partial charge >= 0.3 is 0 Å². The number of hydrogen-bond acceptors (Lipinski definition) is 5. The molecule has 1 N–H and O–H groups in total. The molecular weight excluding hydrogens is 234 g/mol. The molecule has 0 fully saturated rings. The highest BCUT2D eigenvalue weighted by Gasteiger charge is 2.08. The van der Waals surface area contributed by atoms with Gasteiger partial charge in [-0.05, 0) is 50.4 Å².